The molecule has 196 valence electrons. The molecule has 37 heavy (non-hydrogen) atoms. The summed E-state index contributed by atoms with van der Waals surface area (Å²) in [4.78, 5) is 37.3. The normalized spacial score (nSPS) is 20.7. The number of urea groups is 1. The lowest BCUT2D eigenvalue weighted by Crippen LogP contribution is -2.46. The van der Waals surface area contributed by atoms with Crippen LogP contribution in [0.1, 0.15) is 36.6 Å². The van der Waals surface area contributed by atoms with E-state index in [2.05, 4.69) is 31.9 Å². The molecule has 0 radical (unpaired) electrons. The lowest BCUT2D eigenvalue weighted by atomic mass is 9.89. The van der Waals surface area contributed by atoms with E-state index in [0.29, 0.717) is 16.7 Å². The van der Waals surface area contributed by atoms with E-state index in [4.69, 9.17) is 4.74 Å². The molecule has 0 aliphatic heterocycles. The molecule has 2 aliphatic carbocycles. The largest absolute Gasteiger partial charge is 0.483 e. The van der Waals surface area contributed by atoms with Gasteiger partial charge in [0.1, 0.15) is 12.4 Å². The maximum Gasteiger partial charge on any atom is 0.315 e. The van der Waals surface area contributed by atoms with Gasteiger partial charge in [0.15, 0.2) is 5.75 Å². The van der Waals surface area contributed by atoms with Crippen molar-refractivity contribution in [3.63, 3.8) is 0 Å². The zero-order valence-corrected chi connectivity index (χ0v) is 22.5. The molecular weight excluding hydrogens is 543 g/mol. The van der Waals surface area contributed by atoms with E-state index in [0.717, 1.165) is 18.5 Å². The van der Waals surface area contributed by atoms with Gasteiger partial charge in [-0.3, -0.25) is 14.2 Å². The number of aryl methyl sites for hydroxylation is 1. The van der Waals surface area contributed by atoms with Gasteiger partial charge in [-0.15, -0.1) is 0 Å². The zero-order valence-electron chi connectivity index (χ0n) is 20.9. The highest BCUT2D eigenvalue weighted by molar-refractivity contribution is 9.09. The molecule has 1 heterocycles. The molecule has 1 fully saturated rings. The van der Waals surface area contributed by atoms with Crippen LogP contribution in [0.3, 0.4) is 0 Å². The summed E-state index contributed by atoms with van der Waals surface area (Å²) in [6.45, 7) is 3.87. The topological polar surface area (TPSA) is 101 Å². The predicted molar refractivity (Wildman–Crippen MR) is 142 cm³/mol. The SMILES string of the molecule is CNC(=O)C1=CC(Br)C(C)(n2c(C)ccc(OCc3ccc(F)cc3CNC(=O)NC3CC3)c2=O)C=C1. The second kappa shape index (κ2) is 10.9. The molecule has 1 saturated carbocycles. The Bertz CT molecular complexity index is 1330. The Morgan fingerprint density at radius 2 is 1.97 bits per heavy atom. The average molecular weight is 573 g/mol. The molecule has 3 amide bonds. The van der Waals surface area contributed by atoms with Gasteiger partial charge < -0.3 is 20.7 Å². The van der Waals surface area contributed by atoms with Crippen LogP contribution in [-0.4, -0.2) is 34.4 Å². The number of hydrogen-bond acceptors (Lipinski definition) is 4. The maximum absolute atomic E-state index is 13.9. The van der Waals surface area contributed by atoms with Crippen molar-refractivity contribution in [2.24, 2.45) is 0 Å². The van der Waals surface area contributed by atoms with Crippen molar-refractivity contribution in [2.45, 2.75) is 56.2 Å². The Kier molecular flexibility index (Phi) is 7.87. The molecule has 0 spiro atoms. The smallest absolute Gasteiger partial charge is 0.315 e. The van der Waals surface area contributed by atoms with E-state index in [1.807, 2.05) is 19.9 Å². The number of halogens is 2. The summed E-state index contributed by atoms with van der Waals surface area (Å²) in [7, 11) is 1.56. The quantitative estimate of drug-likeness (QED) is 0.421. The van der Waals surface area contributed by atoms with E-state index in [9.17, 15) is 18.8 Å². The van der Waals surface area contributed by atoms with Crippen LogP contribution in [0.15, 0.2) is 58.9 Å². The summed E-state index contributed by atoms with van der Waals surface area (Å²) >= 11 is 3.63. The Morgan fingerprint density at radius 1 is 1.22 bits per heavy atom. The first-order valence-electron chi connectivity index (χ1n) is 12.1. The molecule has 8 nitrogen and oxygen atoms in total. The number of allylic oxidation sites excluding steroid dienone is 2. The van der Waals surface area contributed by atoms with E-state index in [1.165, 1.54) is 12.1 Å². The molecule has 4 rings (SSSR count). The lowest BCUT2D eigenvalue weighted by Gasteiger charge is -2.36. The van der Waals surface area contributed by atoms with Gasteiger partial charge in [0, 0.05) is 30.9 Å². The van der Waals surface area contributed by atoms with Crippen molar-refractivity contribution in [2.75, 3.05) is 7.05 Å². The lowest BCUT2D eigenvalue weighted by molar-refractivity contribution is -0.116. The highest BCUT2D eigenvalue weighted by Gasteiger charge is 2.36. The standard InChI is InChI=1S/C27H30BrFN4O4/c1-16-4-9-22(25(35)33(16)27(2)11-10-17(13-23(27)28)24(34)30-3)37-15-18-5-6-20(29)12-19(18)14-31-26(36)32-21-7-8-21/h4-6,9-13,21,23H,7-8,14-15H2,1-3H3,(H,30,34)(H2,31,32,36). The van der Waals surface area contributed by atoms with Gasteiger partial charge in [-0.1, -0.05) is 40.2 Å². The summed E-state index contributed by atoms with van der Waals surface area (Å²) in [6, 6.07) is 7.58. The fourth-order valence-corrected chi connectivity index (χ4v) is 4.88. The minimum atomic E-state index is -0.794. The van der Waals surface area contributed by atoms with Crippen LogP contribution in [0.2, 0.25) is 0 Å². The van der Waals surface area contributed by atoms with Crippen LogP contribution in [0.4, 0.5) is 9.18 Å². The van der Waals surface area contributed by atoms with Crippen molar-refractivity contribution in [3.8, 4) is 5.75 Å². The van der Waals surface area contributed by atoms with Crippen LogP contribution in [0, 0.1) is 12.7 Å². The van der Waals surface area contributed by atoms with Gasteiger partial charge in [0.2, 0.25) is 0 Å². The molecule has 2 unspecified atom stereocenters. The van der Waals surface area contributed by atoms with E-state index >= 15 is 0 Å². The summed E-state index contributed by atoms with van der Waals surface area (Å²) < 4.78 is 21.5. The van der Waals surface area contributed by atoms with Crippen LogP contribution >= 0.6 is 15.9 Å². The molecule has 2 atom stereocenters. The van der Waals surface area contributed by atoms with Crippen molar-refractivity contribution in [1.82, 2.24) is 20.5 Å². The summed E-state index contributed by atoms with van der Waals surface area (Å²) in [5, 5.41) is 8.18. The summed E-state index contributed by atoms with van der Waals surface area (Å²) in [5.74, 6) is -0.500. The molecule has 1 aromatic heterocycles. The molecule has 2 aromatic rings. The third-order valence-electron chi connectivity index (χ3n) is 6.60. The predicted octanol–water partition coefficient (Wildman–Crippen LogP) is 3.56. The van der Waals surface area contributed by atoms with Crippen LogP contribution in [0.5, 0.6) is 5.75 Å². The molecule has 3 N–H and O–H groups in total. The van der Waals surface area contributed by atoms with Gasteiger partial charge >= 0.3 is 6.03 Å². The number of nitrogens with zero attached hydrogens (tertiary/aromatic N) is 1. The monoisotopic (exact) mass is 572 g/mol. The minimum Gasteiger partial charge on any atom is -0.483 e. The highest BCUT2D eigenvalue weighted by atomic mass is 79.9. The number of alkyl halides is 1. The number of hydrogen-bond donors (Lipinski definition) is 3. The van der Waals surface area contributed by atoms with Crippen LogP contribution < -0.4 is 26.2 Å². The second-order valence-electron chi connectivity index (χ2n) is 9.44. The van der Waals surface area contributed by atoms with Gasteiger partial charge in [-0.25, -0.2) is 9.18 Å². The first-order chi connectivity index (χ1) is 17.6. The molecule has 2 aliphatic rings. The Balaban J connectivity index is 1.54. The van der Waals surface area contributed by atoms with Crippen molar-refractivity contribution in [3.05, 3.63) is 87.1 Å². The number of amides is 3. The minimum absolute atomic E-state index is 0.0187. The Hall–Kier alpha value is -3.40. The Morgan fingerprint density at radius 3 is 2.65 bits per heavy atom. The van der Waals surface area contributed by atoms with Gasteiger partial charge in [-0.05, 0) is 62.1 Å². The molecule has 0 bridgehead atoms. The second-order valence-corrected chi connectivity index (χ2v) is 10.4. The average Bonchev–Trinajstić information content (AvgIpc) is 3.68. The third-order valence-corrected chi connectivity index (χ3v) is 7.79. The first-order valence-corrected chi connectivity index (χ1v) is 13.0. The fraction of sp³-hybridized carbons (Fsp3) is 0.370. The molecule has 10 heteroatoms. The van der Waals surface area contributed by atoms with E-state index in [1.54, 1.807) is 42.0 Å². The van der Waals surface area contributed by atoms with E-state index < -0.39 is 11.4 Å². The molecular formula is C27H30BrFN4O4. The van der Waals surface area contributed by atoms with Crippen molar-refractivity contribution < 1.29 is 18.7 Å². The number of ether oxygens (including phenoxy) is 1. The first kappa shape index (κ1) is 26.7. The Labute approximate surface area is 223 Å². The molecule has 0 saturated heterocycles. The number of benzene rings is 1. The third kappa shape index (κ3) is 5.95. The molecule has 1 aromatic carbocycles. The van der Waals surface area contributed by atoms with Crippen LogP contribution in [0.25, 0.3) is 0 Å². The van der Waals surface area contributed by atoms with Gasteiger partial charge in [0.05, 0.1) is 10.4 Å². The van der Waals surface area contributed by atoms with Crippen LogP contribution in [-0.2, 0) is 23.5 Å². The summed E-state index contributed by atoms with van der Waals surface area (Å²) in [5.41, 5.74) is 1.31. The number of aromatic nitrogens is 1. The number of pyridine rings is 1. The fourth-order valence-electron chi connectivity index (χ4n) is 4.24. The summed E-state index contributed by atoms with van der Waals surface area (Å²) in [6.07, 6.45) is 7.24. The highest BCUT2D eigenvalue weighted by Crippen LogP contribution is 2.34. The van der Waals surface area contributed by atoms with E-state index in [-0.39, 0.29) is 47.3 Å². The zero-order chi connectivity index (χ0) is 26.7. The van der Waals surface area contributed by atoms with Gasteiger partial charge in [0.25, 0.3) is 11.5 Å². The number of carbonyl (C=O) groups excluding carboxylic acids is 2. The maximum atomic E-state index is 13.9. The number of carbonyl (C=O) groups is 2. The number of nitrogens with one attached hydrogen (secondary N) is 3. The van der Waals surface area contributed by atoms with Gasteiger partial charge in [-0.2, -0.15) is 0 Å². The number of likely N-dealkylation sites (N-methyl/N-ethyl adjacent to an activating group) is 1. The van der Waals surface area contributed by atoms with Crippen molar-refractivity contribution in [1.29, 1.82) is 0 Å². The number of rotatable bonds is 8. The van der Waals surface area contributed by atoms with Crippen molar-refractivity contribution >= 4 is 27.9 Å².